The quantitative estimate of drug-likeness (QED) is 0.156. The van der Waals surface area contributed by atoms with Crippen molar-refractivity contribution in [1.29, 1.82) is 0 Å². The van der Waals surface area contributed by atoms with Crippen molar-refractivity contribution in [2.45, 2.75) is 0 Å². The molecule has 72 heavy (non-hydrogen) atoms. The highest BCUT2D eigenvalue weighted by molar-refractivity contribution is 6.98. The Morgan fingerprint density at radius 1 is 0.292 bits per heavy atom. The van der Waals surface area contributed by atoms with Crippen LogP contribution in [-0.2, 0) is 0 Å². The Morgan fingerprint density at radius 3 is 1.11 bits per heavy atom. The second-order valence-corrected chi connectivity index (χ2v) is 18.4. The smallest absolute Gasteiger partial charge is 0.260 e. The van der Waals surface area contributed by atoms with E-state index in [9.17, 15) is 0 Å². The third kappa shape index (κ3) is 6.87. The molecule has 0 N–H and O–H groups in total. The molecule has 0 fully saturated rings. The molecule has 15 rings (SSSR count). The molecular formula is C66H44BN3O2. The van der Waals surface area contributed by atoms with E-state index in [-0.39, 0.29) is 6.71 Å². The normalized spacial score (nSPS) is 12.1. The summed E-state index contributed by atoms with van der Waals surface area (Å²) >= 11 is 0. The minimum absolute atomic E-state index is 0.143. The number of aromatic nitrogens is 2. The summed E-state index contributed by atoms with van der Waals surface area (Å²) in [5, 5.41) is 4.79. The molecule has 0 bridgehead atoms. The van der Waals surface area contributed by atoms with Crippen molar-refractivity contribution >= 4 is 83.8 Å². The van der Waals surface area contributed by atoms with E-state index in [2.05, 4.69) is 245 Å². The maximum absolute atomic E-state index is 7.19. The van der Waals surface area contributed by atoms with Crippen molar-refractivity contribution in [2.75, 3.05) is 4.90 Å². The van der Waals surface area contributed by atoms with Crippen LogP contribution in [0.5, 0.6) is 23.0 Å². The van der Waals surface area contributed by atoms with E-state index in [0.29, 0.717) is 0 Å². The van der Waals surface area contributed by atoms with Crippen LogP contribution in [0.15, 0.2) is 267 Å². The molecule has 11 aromatic carbocycles. The van der Waals surface area contributed by atoms with E-state index in [1.807, 2.05) is 36.4 Å². The summed E-state index contributed by atoms with van der Waals surface area (Å²) in [5.74, 6) is 3.30. The molecule has 4 heterocycles. The minimum Gasteiger partial charge on any atom is -0.458 e. The molecule has 5 nitrogen and oxygen atoms in total. The average Bonchev–Trinajstić information content (AvgIpc) is 3.95. The largest absolute Gasteiger partial charge is 0.458 e. The molecule has 2 aromatic heterocycles. The van der Waals surface area contributed by atoms with Gasteiger partial charge in [-0.3, -0.25) is 0 Å². The SMILES string of the molecule is c1ccc(N(c2ccccc2)c2ccc(-c3cc4c5c(c3)Oc3cc6c(cc3B5c3cc5c7ccccc7n(-c7ccccc7)c5cc3O4)c3ccccc3n6-c3ccccc3)cc2)cc1.c1ccccc1. The van der Waals surface area contributed by atoms with E-state index in [4.69, 9.17) is 9.47 Å². The van der Waals surface area contributed by atoms with Crippen LogP contribution in [0.4, 0.5) is 17.1 Å². The zero-order valence-electron chi connectivity index (χ0n) is 39.1. The summed E-state index contributed by atoms with van der Waals surface area (Å²) in [6, 6.07) is 94.3. The summed E-state index contributed by atoms with van der Waals surface area (Å²) < 4.78 is 19.1. The van der Waals surface area contributed by atoms with Crippen LogP contribution >= 0.6 is 0 Å². The van der Waals surface area contributed by atoms with Gasteiger partial charge in [0.15, 0.2) is 0 Å². The number of hydrogen-bond acceptors (Lipinski definition) is 3. The predicted molar refractivity (Wildman–Crippen MR) is 299 cm³/mol. The van der Waals surface area contributed by atoms with E-state index in [0.717, 1.165) is 101 Å². The van der Waals surface area contributed by atoms with Crippen molar-refractivity contribution in [2.24, 2.45) is 0 Å². The Bertz CT molecular complexity index is 3880. The van der Waals surface area contributed by atoms with Crippen LogP contribution in [0, 0.1) is 0 Å². The average molecular weight is 922 g/mol. The predicted octanol–water partition coefficient (Wildman–Crippen LogP) is 15.4. The van der Waals surface area contributed by atoms with Gasteiger partial charge in [0, 0.05) is 67.6 Å². The zero-order chi connectivity index (χ0) is 47.5. The van der Waals surface area contributed by atoms with Gasteiger partial charge < -0.3 is 23.5 Å². The molecule has 2 aliphatic heterocycles. The van der Waals surface area contributed by atoms with Gasteiger partial charge in [0.05, 0.1) is 22.1 Å². The summed E-state index contributed by atoms with van der Waals surface area (Å²) in [6.45, 7) is -0.143. The van der Waals surface area contributed by atoms with Crippen molar-refractivity contribution in [3.8, 4) is 45.5 Å². The van der Waals surface area contributed by atoms with Crippen molar-refractivity contribution in [3.63, 3.8) is 0 Å². The maximum atomic E-state index is 7.19. The zero-order valence-corrected chi connectivity index (χ0v) is 39.1. The van der Waals surface area contributed by atoms with Gasteiger partial charge in [-0.25, -0.2) is 0 Å². The number of hydrogen-bond donors (Lipinski definition) is 0. The lowest BCUT2D eigenvalue weighted by Crippen LogP contribution is -2.57. The van der Waals surface area contributed by atoms with Crippen LogP contribution in [0.3, 0.4) is 0 Å². The highest BCUT2D eigenvalue weighted by atomic mass is 16.5. The van der Waals surface area contributed by atoms with Crippen molar-refractivity contribution in [3.05, 3.63) is 267 Å². The fraction of sp³-hybridized carbons (Fsp3) is 0. The number of para-hydroxylation sites is 6. The molecule has 2 aliphatic rings. The van der Waals surface area contributed by atoms with Crippen molar-refractivity contribution in [1.82, 2.24) is 9.13 Å². The highest BCUT2D eigenvalue weighted by Crippen LogP contribution is 2.44. The lowest BCUT2D eigenvalue weighted by atomic mass is 9.34. The summed E-state index contributed by atoms with van der Waals surface area (Å²) in [4.78, 5) is 2.29. The standard InChI is InChI=1S/C60H38BN3O2.C6H6/c1-5-17-41(18-6-1)62(42-19-7-2-8-20-42)45-31-29-39(30-32-45)40-33-58-60-59(34-40)66-57-38-55-49(47-26-14-16-28-53(47)64(55)44-23-11-4-12-24-44)36-51(57)61(60)50-35-48-46-25-13-15-27-52(46)63(43-21-9-3-10-22-43)54(48)37-56(50)65-58;1-2-4-6-5-3-1/h1-38H;1-6H. The molecule has 6 heteroatoms. The van der Waals surface area contributed by atoms with Gasteiger partial charge in [0.25, 0.3) is 6.71 Å². The summed E-state index contributed by atoms with van der Waals surface area (Å²) in [5.41, 5.74) is 15.4. The fourth-order valence-corrected chi connectivity index (χ4v) is 11.1. The summed E-state index contributed by atoms with van der Waals surface area (Å²) in [6.07, 6.45) is 0. The van der Waals surface area contributed by atoms with Crippen molar-refractivity contribution < 1.29 is 9.47 Å². The first-order valence-electron chi connectivity index (χ1n) is 24.5. The van der Waals surface area contributed by atoms with Gasteiger partial charge in [-0.15, -0.1) is 0 Å². The number of rotatable bonds is 6. The molecule has 338 valence electrons. The van der Waals surface area contributed by atoms with Gasteiger partial charge in [0.1, 0.15) is 23.0 Å². The Balaban J connectivity index is 0.000000751. The number of anilines is 3. The Hall–Kier alpha value is -9.52. The van der Waals surface area contributed by atoms with Gasteiger partial charge in [-0.1, -0.05) is 170 Å². The highest BCUT2D eigenvalue weighted by Gasteiger charge is 2.42. The van der Waals surface area contributed by atoms with Crippen LogP contribution in [0.25, 0.3) is 66.1 Å². The van der Waals surface area contributed by atoms with E-state index >= 15 is 0 Å². The van der Waals surface area contributed by atoms with E-state index in [1.54, 1.807) is 0 Å². The Kier molecular flexibility index (Phi) is 9.88. The molecule has 0 saturated carbocycles. The minimum atomic E-state index is -0.143. The van der Waals surface area contributed by atoms with E-state index in [1.165, 1.54) is 21.5 Å². The Morgan fingerprint density at radius 2 is 0.667 bits per heavy atom. The molecule has 0 spiro atoms. The third-order valence-corrected chi connectivity index (χ3v) is 14.2. The van der Waals surface area contributed by atoms with Gasteiger partial charge in [0.2, 0.25) is 0 Å². The molecule has 0 amide bonds. The van der Waals surface area contributed by atoms with Gasteiger partial charge >= 0.3 is 0 Å². The second kappa shape index (κ2) is 17.2. The van der Waals surface area contributed by atoms with Gasteiger partial charge in [-0.2, -0.15) is 0 Å². The van der Waals surface area contributed by atoms with Crippen LogP contribution in [0.1, 0.15) is 0 Å². The Labute approximate surface area is 417 Å². The van der Waals surface area contributed by atoms with Crippen LogP contribution in [0.2, 0.25) is 0 Å². The number of benzene rings is 11. The lowest BCUT2D eigenvalue weighted by Gasteiger charge is -2.33. The lowest BCUT2D eigenvalue weighted by molar-refractivity contribution is 0.465. The molecule has 0 aliphatic carbocycles. The van der Waals surface area contributed by atoms with Crippen LogP contribution < -0.4 is 30.8 Å². The topological polar surface area (TPSA) is 31.6 Å². The first-order valence-corrected chi connectivity index (χ1v) is 24.5. The molecule has 0 radical (unpaired) electrons. The van der Waals surface area contributed by atoms with Gasteiger partial charge in [-0.05, 0) is 107 Å². The first kappa shape index (κ1) is 41.5. The maximum Gasteiger partial charge on any atom is 0.260 e. The second-order valence-electron chi connectivity index (χ2n) is 18.4. The fourth-order valence-electron chi connectivity index (χ4n) is 11.1. The van der Waals surface area contributed by atoms with Crippen LogP contribution in [-0.4, -0.2) is 15.8 Å². The summed E-state index contributed by atoms with van der Waals surface area (Å²) in [7, 11) is 0. The molecule has 0 atom stereocenters. The van der Waals surface area contributed by atoms with E-state index < -0.39 is 0 Å². The monoisotopic (exact) mass is 921 g/mol. The first-order chi connectivity index (χ1) is 35.7. The molecule has 0 unspecified atom stereocenters. The molecule has 13 aromatic rings. The number of nitrogens with zero attached hydrogens (tertiary/aromatic N) is 3. The number of ether oxygens (including phenoxy) is 2. The molecule has 0 saturated heterocycles. The molecular weight excluding hydrogens is 878 g/mol. The number of fused-ring (bicyclic) bond motifs is 10. The third-order valence-electron chi connectivity index (χ3n) is 14.2.